The predicted octanol–water partition coefficient (Wildman–Crippen LogP) is 3.48. The number of rotatable bonds is 6. The maximum atomic E-state index is 12.7. The molecular weight excluding hydrogens is 436 g/mol. The van der Waals surface area contributed by atoms with Crippen molar-refractivity contribution in [2.75, 3.05) is 13.1 Å². The maximum absolute atomic E-state index is 12.7. The molecule has 1 aromatic carbocycles. The molecule has 0 amide bonds. The van der Waals surface area contributed by atoms with Crippen molar-refractivity contribution in [3.05, 3.63) is 28.2 Å². The summed E-state index contributed by atoms with van der Waals surface area (Å²) in [5, 5.41) is 11.3. The van der Waals surface area contributed by atoms with Gasteiger partial charge in [-0.25, -0.2) is 13.1 Å². The number of halogens is 1. The average Bonchev–Trinajstić information content (AvgIpc) is 3.08. The van der Waals surface area contributed by atoms with E-state index in [0.29, 0.717) is 22.8 Å². The van der Waals surface area contributed by atoms with Gasteiger partial charge in [0, 0.05) is 34.3 Å². The summed E-state index contributed by atoms with van der Waals surface area (Å²) in [4.78, 5) is 2.25. The Morgan fingerprint density at radius 3 is 2.65 bits per heavy atom. The largest absolute Gasteiger partial charge is 0.390 e. The lowest BCUT2D eigenvalue weighted by molar-refractivity contribution is 0.0941. The van der Waals surface area contributed by atoms with Crippen molar-refractivity contribution >= 4 is 47.4 Å². The molecule has 5 nitrogen and oxygen atoms in total. The molecule has 1 fully saturated rings. The van der Waals surface area contributed by atoms with Gasteiger partial charge in [0.15, 0.2) is 0 Å². The predicted molar refractivity (Wildman–Crippen MR) is 110 cm³/mol. The summed E-state index contributed by atoms with van der Waals surface area (Å²) in [6.07, 6.45) is 1.52. The number of aliphatic hydroxyl groups is 1. The first-order valence-electron chi connectivity index (χ1n) is 8.81. The van der Waals surface area contributed by atoms with Crippen LogP contribution in [0.2, 0.25) is 0 Å². The Kier molecular flexibility index (Phi) is 6.11. The molecule has 0 aliphatic carbocycles. The van der Waals surface area contributed by atoms with Gasteiger partial charge in [-0.2, -0.15) is 0 Å². The first-order chi connectivity index (χ1) is 12.2. The Bertz CT molecular complexity index is 887. The number of aliphatic hydroxyl groups excluding tert-OH is 1. The van der Waals surface area contributed by atoms with Crippen LogP contribution in [0.4, 0.5) is 0 Å². The van der Waals surface area contributed by atoms with E-state index in [-0.39, 0.29) is 6.54 Å². The summed E-state index contributed by atoms with van der Waals surface area (Å²) in [6, 6.07) is 6.62. The SMILES string of the molecule is Cc1c(S(=O)(=O)NC[C@H](O)CN2C(C)CCC2C)sc2ccc(Br)cc12. The fourth-order valence-electron chi connectivity index (χ4n) is 3.61. The highest BCUT2D eigenvalue weighted by Crippen LogP contribution is 2.35. The molecule has 2 heterocycles. The number of thiophene rings is 1. The standard InChI is InChI=1S/C18H25BrN2O3S2/c1-11-4-5-12(2)21(11)10-15(22)9-20-26(23,24)18-13(3)16-8-14(19)6-7-17(16)25-18/h6-8,11-12,15,20,22H,4-5,9-10H2,1-3H3/t11?,12?,15-/m0/s1. The molecule has 2 unspecified atom stereocenters. The number of likely N-dealkylation sites (tertiary alicyclic amines) is 1. The minimum absolute atomic E-state index is 0.0235. The van der Waals surface area contributed by atoms with Crippen molar-refractivity contribution < 1.29 is 13.5 Å². The molecule has 2 aromatic rings. The first-order valence-corrected chi connectivity index (χ1v) is 11.9. The van der Waals surface area contributed by atoms with Crippen LogP contribution in [0.1, 0.15) is 32.3 Å². The van der Waals surface area contributed by atoms with Crippen LogP contribution in [-0.4, -0.2) is 49.7 Å². The van der Waals surface area contributed by atoms with Crippen molar-refractivity contribution in [1.29, 1.82) is 0 Å². The molecular formula is C18H25BrN2O3S2. The van der Waals surface area contributed by atoms with Crippen LogP contribution in [0, 0.1) is 6.92 Å². The number of nitrogens with one attached hydrogen (secondary N) is 1. The number of sulfonamides is 1. The van der Waals surface area contributed by atoms with E-state index in [1.807, 2.05) is 25.1 Å². The molecule has 26 heavy (non-hydrogen) atoms. The number of benzene rings is 1. The number of hydrogen-bond donors (Lipinski definition) is 2. The Morgan fingerprint density at radius 2 is 2.00 bits per heavy atom. The van der Waals surface area contributed by atoms with E-state index in [4.69, 9.17) is 0 Å². The van der Waals surface area contributed by atoms with Crippen LogP contribution in [0.3, 0.4) is 0 Å². The zero-order chi connectivity index (χ0) is 19.1. The molecule has 2 N–H and O–H groups in total. The highest BCUT2D eigenvalue weighted by Gasteiger charge is 2.29. The molecule has 1 saturated heterocycles. The van der Waals surface area contributed by atoms with Gasteiger partial charge >= 0.3 is 0 Å². The van der Waals surface area contributed by atoms with Crippen molar-refractivity contribution in [2.45, 2.75) is 56.0 Å². The van der Waals surface area contributed by atoms with Crippen molar-refractivity contribution in [2.24, 2.45) is 0 Å². The molecule has 0 radical (unpaired) electrons. The quantitative estimate of drug-likeness (QED) is 0.691. The summed E-state index contributed by atoms with van der Waals surface area (Å²) in [7, 11) is -3.65. The summed E-state index contributed by atoms with van der Waals surface area (Å²) >= 11 is 4.69. The van der Waals surface area contributed by atoms with Gasteiger partial charge in [0.2, 0.25) is 10.0 Å². The third-order valence-electron chi connectivity index (χ3n) is 5.16. The highest BCUT2D eigenvalue weighted by atomic mass is 79.9. The normalized spacial score (nSPS) is 23.0. The molecule has 144 valence electrons. The molecule has 3 rings (SSSR count). The van der Waals surface area contributed by atoms with E-state index in [0.717, 1.165) is 33.0 Å². The fourth-order valence-corrected chi connectivity index (χ4v) is 6.84. The van der Waals surface area contributed by atoms with Crippen LogP contribution < -0.4 is 4.72 Å². The van der Waals surface area contributed by atoms with Crippen molar-refractivity contribution in [3.8, 4) is 0 Å². The topological polar surface area (TPSA) is 69.6 Å². The molecule has 1 aliphatic rings. The second kappa shape index (κ2) is 7.85. The van der Waals surface area contributed by atoms with E-state index < -0.39 is 16.1 Å². The lowest BCUT2D eigenvalue weighted by Gasteiger charge is -2.28. The average molecular weight is 461 g/mol. The van der Waals surface area contributed by atoms with Crippen molar-refractivity contribution in [3.63, 3.8) is 0 Å². The monoisotopic (exact) mass is 460 g/mol. The van der Waals surface area contributed by atoms with E-state index in [1.165, 1.54) is 11.3 Å². The Morgan fingerprint density at radius 1 is 1.35 bits per heavy atom. The maximum Gasteiger partial charge on any atom is 0.250 e. The summed E-state index contributed by atoms with van der Waals surface area (Å²) in [5.74, 6) is 0. The van der Waals surface area contributed by atoms with Crippen LogP contribution in [0.15, 0.2) is 26.9 Å². The van der Waals surface area contributed by atoms with Gasteiger partial charge in [-0.15, -0.1) is 11.3 Å². The van der Waals surface area contributed by atoms with E-state index >= 15 is 0 Å². The second-order valence-corrected chi connectivity index (χ2v) is 11.1. The second-order valence-electron chi connectivity index (χ2n) is 7.13. The number of fused-ring (bicyclic) bond motifs is 1. The van der Waals surface area contributed by atoms with E-state index in [1.54, 1.807) is 0 Å². The van der Waals surface area contributed by atoms with Crippen LogP contribution in [0.5, 0.6) is 0 Å². The third kappa shape index (κ3) is 4.15. The zero-order valence-corrected chi connectivity index (χ0v) is 18.4. The molecule has 0 spiro atoms. The van der Waals surface area contributed by atoms with Gasteiger partial charge in [-0.05, 0) is 62.8 Å². The van der Waals surface area contributed by atoms with Gasteiger partial charge in [0.1, 0.15) is 4.21 Å². The molecule has 8 heteroatoms. The van der Waals surface area contributed by atoms with Crippen LogP contribution in [-0.2, 0) is 10.0 Å². The van der Waals surface area contributed by atoms with Gasteiger partial charge in [0.25, 0.3) is 0 Å². The smallest absolute Gasteiger partial charge is 0.250 e. The van der Waals surface area contributed by atoms with E-state index in [9.17, 15) is 13.5 Å². The van der Waals surface area contributed by atoms with Gasteiger partial charge < -0.3 is 5.11 Å². The molecule has 0 bridgehead atoms. The van der Waals surface area contributed by atoms with Gasteiger partial charge in [0.05, 0.1) is 6.10 Å². The number of hydrogen-bond acceptors (Lipinski definition) is 5. The fraction of sp³-hybridized carbons (Fsp3) is 0.556. The number of nitrogens with zero attached hydrogens (tertiary/aromatic N) is 1. The molecule has 1 aromatic heterocycles. The van der Waals surface area contributed by atoms with Crippen molar-refractivity contribution in [1.82, 2.24) is 9.62 Å². The lowest BCUT2D eigenvalue weighted by atomic mass is 10.2. The molecule has 3 atom stereocenters. The zero-order valence-electron chi connectivity index (χ0n) is 15.2. The minimum atomic E-state index is -3.65. The Hall–Kier alpha value is -0.510. The van der Waals surface area contributed by atoms with Gasteiger partial charge in [-0.3, -0.25) is 4.90 Å². The third-order valence-corrected chi connectivity index (χ3v) is 8.97. The lowest BCUT2D eigenvalue weighted by Crippen LogP contribution is -2.43. The Balaban J connectivity index is 1.70. The number of β-amino-alcohol motifs (C(OH)–C–C–N with tert-alkyl or cyclic N) is 1. The molecule has 0 saturated carbocycles. The van der Waals surface area contributed by atoms with E-state index in [2.05, 4.69) is 39.4 Å². The molecule has 1 aliphatic heterocycles. The Labute approximate surface area is 167 Å². The number of aryl methyl sites for hydroxylation is 1. The highest BCUT2D eigenvalue weighted by molar-refractivity contribution is 9.10. The summed E-state index contributed by atoms with van der Waals surface area (Å²) in [5.41, 5.74) is 0.745. The minimum Gasteiger partial charge on any atom is -0.390 e. The summed E-state index contributed by atoms with van der Waals surface area (Å²) < 4.78 is 30.3. The summed E-state index contributed by atoms with van der Waals surface area (Å²) in [6.45, 7) is 6.64. The van der Waals surface area contributed by atoms with Crippen LogP contribution >= 0.6 is 27.3 Å². The first kappa shape index (κ1) is 20.2. The van der Waals surface area contributed by atoms with Gasteiger partial charge in [-0.1, -0.05) is 15.9 Å². The van der Waals surface area contributed by atoms with Crippen LogP contribution in [0.25, 0.3) is 10.1 Å².